The molecular weight excluding hydrogens is 367 g/mol. The molecule has 0 saturated carbocycles. The van der Waals surface area contributed by atoms with Gasteiger partial charge in [-0.05, 0) is 68.5 Å². The Bertz CT molecular complexity index is 848. The highest BCUT2D eigenvalue weighted by atomic mass is 19.1. The number of hydrogen-bond donors (Lipinski definition) is 1. The first-order valence-corrected chi connectivity index (χ1v) is 10.1. The van der Waals surface area contributed by atoms with Crippen LogP contribution in [0.3, 0.4) is 0 Å². The molecule has 0 aliphatic heterocycles. The number of carbonyl (C=O) groups is 2. The number of benzene rings is 2. The second-order valence-corrected chi connectivity index (χ2v) is 7.74. The number of nitrogens with zero attached hydrogens (tertiary/aromatic N) is 1. The van der Waals surface area contributed by atoms with Crippen LogP contribution >= 0.6 is 0 Å². The van der Waals surface area contributed by atoms with Gasteiger partial charge in [0, 0.05) is 12.6 Å². The van der Waals surface area contributed by atoms with Crippen molar-refractivity contribution in [2.75, 3.05) is 0 Å². The molecule has 2 rings (SSSR count). The van der Waals surface area contributed by atoms with Gasteiger partial charge in [-0.2, -0.15) is 0 Å². The summed E-state index contributed by atoms with van der Waals surface area (Å²) in [5, 5.41) is 2.95. The summed E-state index contributed by atoms with van der Waals surface area (Å²) in [5.74, 6) is -0.649. The van der Waals surface area contributed by atoms with Gasteiger partial charge in [-0.1, -0.05) is 37.3 Å². The Labute approximate surface area is 173 Å². The van der Waals surface area contributed by atoms with E-state index in [-0.39, 0.29) is 36.6 Å². The minimum atomic E-state index is -0.631. The molecule has 0 unspecified atom stereocenters. The topological polar surface area (TPSA) is 49.4 Å². The van der Waals surface area contributed by atoms with Gasteiger partial charge in [0.25, 0.3) is 0 Å². The first-order chi connectivity index (χ1) is 13.7. The number of rotatable bonds is 8. The lowest BCUT2D eigenvalue weighted by atomic mass is 10.0. The summed E-state index contributed by atoms with van der Waals surface area (Å²) in [6.07, 6.45) is 1.02. The van der Waals surface area contributed by atoms with Crippen LogP contribution in [0.1, 0.15) is 49.4 Å². The van der Waals surface area contributed by atoms with Crippen LogP contribution in [0, 0.1) is 19.7 Å². The Hall–Kier alpha value is -2.69. The molecule has 0 fully saturated rings. The summed E-state index contributed by atoms with van der Waals surface area (Å²) in [5.41, 5.74) is 3.99. The first kappa shape index (κ1) is 22.6. The van der Waals surface area contributed by atoms with E-state index in [1.165, 1.54) is 17.7 Å². The molecule has 0 aliphatic rings. The van der Waals surface area contributed by atoms with Crippen molar-refractivity contribution in [2.24, 2.45) is 0 Å². The van der Waals surface area contributed by atoms with Crippen LogP contribution in [0.4, 0.5) is 4.39 Å². The van der Waals surface area contributed by atoms with Crippen molar-refractivity contribution in [1.82, 2.24) is 10.2 Å². The van der Waals surface area contributed by atoms with Crippen molar-refractivity contribution >= 4 is 11.8 Å². The van der Waals surface area contributed by atoms with Crippen molar-refractivity contribution in [1.29, 1.82) is 0 Å². The van der Waals surface area contributed by atoms with E-state index in [1.54, 1.807) is 24.0 Å². The predicted octanol–water partition coefficient (Wildman–Crippen LogP) is 4.32. The van der Waals surface area contributed by atoms with E-state index < -0.39 is 6.04 Å². The van der Waals surface area contributed by atoms with Crippen LogP contribution in [-0.2, 0) is 22.6 Å². The van der Waals surface area contributed by atoms with Crippen LogP contribution in [0.5, 0.6) is 0 Å². The molecule has 2 aromatic rings. The molecule has 1 N–H and O–H groups in total. The molecule has 2 amide bonds. The summed E-state index contributed by atoms with van der Waals surface area (Å²) in [4.78, 5) is 27.4. The molecule has 0 bridgehead atoms. The summed E-state index contributed by atoms with van der Waals surface area (Å²) < 4.78 is 13.3. The Morgan fingerprint density at radius 3 is 2.21 bits per heavy atom. The number of aryl methyl sites for hydroxylation is 2. The van der Waals surface area contributed by atoms with Crippen LogP contribution in [0.15, 0.2) is 42.5 Å². The van der Waals surface area contributed by atoms with Gasteiger partial charge in [0.05, 0.1) is 6.42 Å². The zero-order valence-corrected chi connectivity index (χ0v) is 18.0. The lowest BCUT2D eigenvalue weighted by molar-refractivity contribution is -0.140. The third-order valence-corrected chi connectivity index (χ3v) is 5.36. The molecule has 0 spiro atoms. The van der Waals surface area contributed by atoms with Crippen molar-refractivity contribution in [3.63, 3.8) is 0 Å². The first-order valence-electron chi connectivity index (χ1n) is 10.1. The standard InChI is InChI=1S/C24H31FN2O2/c1-6-18(4)26-24(29)19(5)27(15-20-9-11-22(25)12-10-20)23(28)14-21-8-7-16(2)17(3)13-21/h7-13,18-19H,6,14-15H2,1-5H3,(H,26,29)/t18-,19+/m1/s1. The average molecular weight is 399 g/mol. The lowest BCUT2D eigenvalue weighted by Crippen LogP contribution is -2.49. The molecule has 2 atom stereocenters. The molecule has 29 heavy (non-hydrogen) atoms. The molecule has 156 valence electrons. The molecular formula is C24H31FN2O2. The maximum absolute atomic E-state index is 13.3. The quantitative estimate of drug-likeness (QED) is 0.720. The molecule has 0 saturated heterocycles. The molecule has 0 aliphatic carbocycles. The van der Waals surface area contributed by atoms with Crippen LogP contribution in [0.25, 0.3) is 0 Å². The highest BCUT2D eigenvalue weighted by molar-refractivity contribution is 5.88. The summed E-state index contributed by atoms with van der Waals surface area (Å²) in [6.45, 7) is 9.96. The Morgan fingerprint density at radius 2 is 1.62 bits per heavy atom. The molecule has 4 nitrogen and oxygen atoms in total. The van der Waals surface area contributed by atoms with E-state index >= 15 is 0 Å². The van der Waals surface area contributed by atoms with E-state index in [9.17, 15) is 14.0 Å². The number of halogens is 1. The Morgan fingerprint density at radius 1 is 1.00 bits per heavy atom. The van der Waals surface area contributed by atoms with Crippen molar-refractivity contribution in [3.05, 3.63) is 70.5 Å². The fraction of sp³-hybridized carbons (Fsp3) is 0.417. The lowest BCUT2D eigenvalue weighted by Gasteiger charge is -2.30. The van der Waals surface area contributed by atoms with E-state index in [4.69, 9.17) is 0 Å². The second kappa shape index (κ2) is 10.2. The van der Waals surface area contributed by atoms with Gasteiger partial charge in [-0.25, -0.2) is 4.39 Å². The maximum Gasteiger partial charge on any atom is 0.242 e. The number of hydrogen-bond acceptors (Lipinski definition) is 2. The van der Waals surface area contributed by atoms with Gasteiger partial charge in [0.15, 0.2) is 0 Å². The average Bonchev–Trinajstić information content (AvgIpc) is 2.69. The van der Waals surface area contributed by atoms with Gasteiger partial charge < -0.3 is 10.2 Å². The number of carbonyl (C=O) groups excluding carboxylic acids is 2. The zero-order chi connectivity index (χ0) is 21.6. The second-order valence-electron chi connectivity index (χ2n) is 7.74. The van der Waals surface area contributed by atoms with Crippen LogP contribution in [0.2, 0.25) is 0 Å². The highest BCUT2D eigenvalue weighted by Crippen LogP contribution is 2.15. The van der Waals surface area contributed by atoms with Crippen molar-refractivity contribution < 1.29 is 14.0 Å². The van der Waals surface area contributed by atoms with Gasteiger partial charge in [-0.3, -0.25) is 9.59 Å². The smallest absolute Gasteiger partial charge is 0.242 e. The van der Waals surface area contributed by atoms with E-state index in [2.05, 4.69) is 5.32 Å². The van der Waals surface area contributed by atoms with Gasteiger partial charge in [0.1, 0.15) is 11.9 Å². The molecule has 0 aromatic heterocycles. The molecule has 5 heteroatoms. The van der Waals surface area contributed by atoms with Crippen molar-refractivity contribution in [2.45, 2.75) is 66.1 Å². The van der Waals surface area contributed by atoms with E-state index in [0.717, 1.165) is 23.1 Å². The largest absolute Gasteiger partial charge is 0.352 e. The predicted molar refractivity (Wildman–Crippen MR) is 114 cm³/mol. The highest BCUT2D eigenvalue weighted by Gasteiger charge is 2.26. The number of amides is 2. The minimum Gasteiger partial charge on any atom is -0.352 e. The normalized spacial score (nSPS) is 12.9. The van der Waals surface area contributed by atoms with E-state index in [0.29, 0.717) is 0 Å². The third kappa shape index (κ3) is 6.41. The fourth-order valence-electron chi connectivity index (χ4n) is 3.02. The molecule has 0 heterocycles. The summed E-state index contributed by atoms with van der Waals surface area (Å²) in [6, 6.07) is 11.4. The van der Waals surface area contributed by atoms with Gasteiger partial charge in [-0.15, -0.1) is 0 Å². The SMILES string of the molecule is CC[C@@H](C)NC(=O)[C@H](C)N(Cc1ccc(F)cc1)C(=O)Cc1ccc(C)c(C)c1. The monoisotopic (exact) mass is 398 g/mol. The summed E-state index contributed by atoms with van der Waals surface area (Å²) >= 11 is 0. The van der Waals surface area contributed by atoms with Crippen molar-refractivity contribution in [3.8, 4) is 0 Å². The summed E-state index contributed by atoms with van der Waals surface area (Å²) in [7, 11) is 0. The van der Waals surface area contributed by atoms with E-state index in [1.807, 2.05) is 45.9 Å². The third-order valence-electron chi connectivity index (χ3n) is 5.36. The zero-order valence-electron chi connectivity index (χ0n) is 18.0. The number of nitrogens with one attached hydrogen (secondary N) is 1. The van der Waals surface area contributed by atoms with Gasteiger partial charge in [0.2, 0.25) is 11.8 Å². The Kier molecular flexibility index (Phi) is 7.94. The molecule has 0 radical (unpaired) electrons. The maximum atomic E-state index is 13.3. The van der Waals surface area contributed by atoms with Gasteiger partial charge >= 0.3 is 0 Å². The minimum absolute atomic E-state index is 0.0347. The molecule has 2 aromatic carbocycles. The fourth-order valence-corrected chi connectivity index (χ4v) is 3.02. The van der Waals surface area contributed by atoms with Crippen LogP contribution < -0.4 is 5.32 Å². The van der Waals surface area contributed by atoms with Crippen LogP contribution in [-0.4, -0.2) is 28.8 Å². The Balaban J connectivity index is 2.23.